The highest BCUT2D eigenvalue weighted by Crippen LogP contribution is 2.50. The number of carboxylic acid groups (broad SMARTS) is 1. The number of carbonyl (C=O) groups excluding carboxylic acids is 4. The maximum absolute atomic E-state index is 13.4. The number of carboxylic acids is 1. The summed E-state index contributed by atoms with van der Waals surface area (Å²) in [6.07, 6.45) is 0.830. The number of amides is 4. The summed E-state index contributed by atoms with van der Waals surface area (Å²) in [5.74, 6) is -2.43. The molecule has 44 heavy (non-hydrogen) atoms. The van der Waals surface area contributed by atoms with Gasteiger partial charge in [0.15, 0.2) is 0 Å². The lowest BCUT2D eigenvalue weighted by atomic mass is 9.95. The molecule has 0 bridgehead atoms. The van der Waals surface area contributed by atoms with E-state index in [2.05, 4.69) is 21.2 Å². The molecule has 3 aromatic rings. The lowest BCUT2D eigenvalue weighted by molar-refractivity contribution is -0.161. The van der Waals surface area contributed by atoms with Crippen molar-refractivity contribution in [3.8, 4) is 11.5 Å². The smallest absolute Gasteiger partial charge is 0.327 e. The van der Waals surface area contributed by atoms with Gasteiger partial charge in [-0.2, -0.15) is 5.10 Å². The molecule has 0 saturated carbocycles. The van der Waals surface area contributed by atoms with E-state index >= 15 is 0 Å². The van der Waals surface area contributed by atoms with Crippen LogP contribution in [0.2, 0.25) is 0 Å². The molecule has 226 valence electrons. The summed E-state index contributed by atoms with van der Waals surface area (Å²) in [5, 5.41) is 18.0. The lowest BCUT2D eigenvalue weighted by Gasteiger charge is -2.44. The zero-order valence-corrected chi connectivity index (χ0v) is 24.5. The van der Waals surface area contributed by atoms with Crippen molar-refractivity contribution in [2.45, 2.75) is 42.1 Å². The Morgan fingerprint density at radius 1 is 0.955 bits per heavy atom. The summed E-state index contributed by atoms with van der Waals surface area (Å²) >= 11 is 1.30. The van der Waals surface area contributed by atoms with Gasteiger partial charge in [-0.15, -0.1) is 11.8 Å². The third-order valence-corrected chi connectivity index (χ3v) is 8.67. The molecule has 12 nitrogen and oxygen atoms in total. The summed E-state index contributed by atoms with van der Waals surface area (Å²) in [6.45, 7) is 3.48. The summed E-state index contributed by atoms with van der Waals surface area (Å²) in [7, 11) is 0. The number of para-hydroxylation sites is 1. The SMILES string of the molecule is CC1(C)S[C@@H]2[C@H](NC(=O)C(NC(=O)/C=N/NC(=O)c3ccc(Oc4ccccc4)cc3)c3ccccc3)C(=O)N2[C@H]1C(=O)O. The van der Waals surface area contributed by atoms with Gasteiger partial charge in [-0.1, -0.05) is 48.5 Å². The van der Waals surface area contributed by atoms with E-state index in [9.17, 15) is 29.1 Å². The Hall–Kier alpha value is -5.17. The number of hydrogen-bond acceptors (Lipinski definition) is 8. The van der Waals surface area contributed by atoms with Crippen molar-refractivity contribution in [2.75, 3.05) is 0 Å². The minimum absolute atomic E-state index is 0.279. The van der Waals surface area contributed by atoms with Gasteiger partial charge < -0.3 is 25.4 Å². The van der Waals surface area contributed by atoms with Gasteiger partial charge in [-0.05, 0) is 55.8 Å². The monoisotopic (exact) mass is 615 g/mol. The minimum atomic E-state index is -1.19. The number of hydrogen-bond donors (Lipinski definition) is 4. The number of ether oxygens (including phenoxy) is 1. The Labute approximate surface area is 256 Å². The second kappa shape index (κ2) is 12.6. The number of thioether (sulfide) groups is 1. The first kappa shape index (κ1) is 30.3. The number of hydrazone groups is 1. The van der Waals surface area contributed by atoms with Crippen LogP contribution in [-0.4, -0.2) is 68.0 Å². The average Bonchev–Trinajstić information content (AvgIpc) is 3.27. The van der Waals surface area contributed by atoms with Gasteiger partial charge >= 0.3 is 5.97 Å². The van der Waals surface area contributed by atoms with Crippen LogP contribution >= 0.6 is 11.8 Å². The van der Waals surface area contributed by atoms with Crippen LogP contribution in [-0.2, 0) is 19.2 Å². The molecule has 4 amide bonds. The first-order valence-corrected chi connectivity index (χ1v) is 14.5. The first-order chi connectivity index (χ1) is 21.0. The molecular formula is C31H29N5O7S. The maximum atomic E-state index is 13.4. The van der Waals surface area contributed by atoms with Gasteiger partial charge in [0.05, 0.1) is 0 Å². The molecule has 2 aliphatic heterocycles. The quantitative estimate of drug-likeness (QED) is 0.154. The summed E-state index contributed by atoms with van der Waals surface area (Å²) in [4.78, 5) is 64.5. The Bertz CT molecular complexity index is 1600. The van der Waals surface area contributed by atoms with Crippen molar-refractivity contribution in [3.63, 3.8) is 0 Å². The number of fused-ring (bicyclic) bond motifs is 1. The van der Waals surface area contributed by atoms with Gasteiger partial charge in [0, 0.05) is 10.3 Å². The second-order valence-corrected chi connectivity index (χ2v) is 12.3. The molecule has 4 N–H and O–H groups in total. The largest absolute Gasteiger partial charge is 0.480 e. The number of aliphatic carboxylic acids is 1. The van der Waals surface area contributed by atoms with E-state index in [1.54, 1.807) is 80.6 Å². The van der Waals surface area contributed by atoms with Crippen LogP contribution in [0.25, 0.3) is 0 Å². The van der Waals surface area contributed by atoms with Gasteiger partial charge in [0.25, 0.3) is 11.8 Å². The van der Waals surface area contributed by atoms with Gasteiger partial charge in [-0.25, -0.2) is 10.2 Å². The number of carbonyl (C=O) groups is 5. The van der Waals surface area contributed by atoms with Crippen LogP contribution in [0, 0.1) is 0 Å². The van der Waals surface area contributed by atoms with E-state index in [0.29, 0.717) is 17.1 Å². The van der Waals surface area contributed by atoms with Crippen LogP contribution in [0.5, 0.6) is 11.5 Å². The summed E-state index contributed by atoms with van der Waals surface area (Å²) in [6, 6.07) is 20.7. The third kappa shape index (κ3) is 6.42. The zero-order chi connectivity index (χ0) is 31.4. The molecule has 5 rings (SSSR count). The summed E-state index contributed by atoms with van der Waals surface area (Å²) < 4.78 is 4.96. The van der Waals surface area contributed by atoms with Crippen LogP contribution in [0.4, 0.5) is 0 Å². The molecule has 3 aromatic carbocycles. The summed E-state index contributed by atoms with van der Waals surface area (Å²) in [5.41, 5.74) is 2.99. The Balaban J connectivity index is 1.19. The third-order valence-electron chi connectivity index (χ3n) is 7.10. The van der Waals surface area contributed by atoms with E-state index in [4.69, 9.17) is 4.74 Å². The Kier molecular flexibility index (Phi) is 8.67. The molecule has 1 unspecified atom stereocenters. The maximum Gasteiger partial charge on any atom is 0.327 e. The topological polar surface area (TPSA) is 166 Å². The van der Waals surface area contributed by atoms with E-state index < -0.39 is 57.8 Å². The van der Waals surface area contributed by atoms with E-state index in [1.807, 2.05) is 18.2 Å². The van der Waals surface area contributed by atoms with Crippen molar-refractivity contribution in [2.24, 2.45) is 5.10 Å². The zero-order valence-electron chi connectivity index (χ0n) is 23.7. The Morgan fingerprint density at radius 3 is 2.20 bits per heavy atom. The van der Waals surface area contributed by atoms with Crippen molar-refractivity contribution in [1.82, 2.24) is 21.0 Å². The standard InChI is InChI=1S/C31H29N5O7S/c1-31(2)25(30(41)42)36-28(40)24(29(36)44-31)34-27(39)23(18-9-5-3-6-10-18)33-22(37)17-32-35-26(38)19-13-15-21(16-14-19)43-20-11-7-4-8-12-20/h3-17,23-25,29H,1-2H3,(H,33,37)(H,34,39)(H,35,38)(H,41,42)/b32-17+/t23?,24-,25+,29-/m1/s1. The van der Waals surface area contributed by atoms with E-state index in [0.717, 1.165) is 6.21 Å². The fourth-order valence-corrected chi connectivity index (χ4v) is 6.65. The van der Waals surface area contributed by atoms with Crippen molar-refractivity contribution < 1.29 is 33.8 Å². The molecule has 2 heterocycles. The predicted molar refractivity (Wildman–Crippen MR) is 162 cm³/mol. The van der Waals surface area contributed by atoms with Crippen LogP contribution in [0.15, 0.2) is 90.0 Å². The normalized spacial score (nSPS) is 20.6. The second-order valence-electron chi connectivity index (χ2n) is 10.6. The fourth-order valence-electron chi connectivity index (χ4n) is 5.02. The molecule has 0 radical (unpaired) electrons. The number of benzene rings is 3. The molecule has 2 fully saturated rings. The molecule has 2 aliphatic rings. The van der Waals surface area contributed by atoms with Gasteiger partial charge in [-0.3, -0.25) is 19.2 Å². The van der Waals surface area contributed by atoms with Crippen molar-refractivity contribution >= 4 is 47.6 Å². The lowest BCUT2D eigenvalue weighted by Crippen LogP contribution is -2.71. The highest BCUT2D eigenvalue weighted by Gasteiger charge is 2.64. The molecule has 4 atom stereocenters. The van der Waals surface area contributed by atoms with Gasteiger partial charge in [0.1, 0.15) is 41.2 Å². The fraction of sp³-hybridized carbons (Fsp3) is 0.226. The number of β-lactam (4-membered cyclic amide) rings is 1. The number of nitrogens with zero attached hydrogens (tertiary/aromatic N) is 2. The minimum Gasteiger partial charge on any atom is -0.480 e. The van der Waals surface area contributed by atoms with Crippen LogP contribution < -0.4 is 20.8 Å². The molecule has 13 heteroatoms. The van der Waals surface area contributed by atoms with Crippen LogP contribution in [0.1, 0.15) is 35.8 Å². The van der Waals surface area contributed by atoms with E-state index in [-0.39, 0.29) is 5.56 Å². The number of rotatable bonds is 10. The van der Waals surface area contributed by atoms with E-state index in [1.165, 1.54) is 16.7 Å². The average molecular weight is 616 g/mol. The van der Waals surface area contributed by atoms with Crippen molar-refractivity contribution in [1.29, 1.82) is 0 Å². The van der Waals surface area contributed by atoms with Crippen molar-refractivity contribution in [3.05, 3.63) is 96.1 Å². The predicted octanol–water partition coefficient (Wildman–Crippen LogP) is 2.68. The molecule has 0 aromatic heterocycles. The first-order valence-electron chi connectivity index (χ1n) is 13.6. The Morgan fingerprint density at radius 2 is 1.57 bits per heavy atom. The number of nitrogens with one attached hydrogen (secondary N) is 3. The molecule has 0 aliphatic carbocycles. The molecule has 2 saturated heterocycles. The van der Waals surface area contributed by atoms with Gasteiger partial charge in [0.2, 0.25) is 11.8 Å². The highest BCUT2D eigenvalue weighted by atomic mass is 32.2. The van der Waals surface area contributed by atoms with Crippen LogP contribution in [0.3, 0.4) is 0 Å². The highest BCUT2D eigenvalue weighted by molar-refractivity contribution is 8.01. The molecular weight excluding hydrogens is 586 g/mol. The molecule has 0 spiro atoms.